The summed E-state index contributed by atoms with van der Waals surface area (Å²) in [5.41, 5.74) is 6.67. The van der Waals surface area contributed by atoms with Gasteiger partial charge in [0.15, 0.2) is 0 Å². The second kappa shape index (κ2) is 18.0. The predicted octanol–water partition coefficient (Wildman–Crippen LogP) is 7.72. The molecule has 1 unspecified atom stereocenters. The van der Waals surface area contributed by atoms with Crippen molar-refractivity contribution in [3.05, 3.63) is 12.2 Å². The fraction of sp³-hybridized carbons (Fsp3) is 0.885. The summed E-state index contributed by atoms with van der Waals surface area (Å²) in [5.74, 6) is -0.344. The SMILES string of the molecule is C=C(C)C(=O)OCC(N)C(C)(C)CCCCCCCCCCCCCCCCC. The summed E-state index contributed by atoms with van der Waals surface area (Å²) in [7, 11) is 0. The predicted molar refractivity (Wildman–Crippen MR) is 127 cm³/mol. The largest absolute Gasteiger partial charge is 0.461 e. The molecule has 0 fully saturated rings. The van der Waals surface area contributed by atoms with Crippen LogP contribution >= 0.6 is 0 Å². The van der Waals surface area contributed by atoms with Crippen LogP contribution in [0.5, 0.6) is 0 Å². The first-order chi connectivity index (χ1) is 13.8. The fourth-order valence-electron chi connectivity index (χ4n) is 3.65. The molecule has 0 spiro atoms. The van der Waals surface area contributed by atoms with Crippen molar-refractivity contribution in [2.75, 3.05) is 6.61 Å². The zero-order valence-corrected chi connectivity index (χ0v) is 20.2. The number of ether oxygens (including phenoxy) is 1. The van der Waals surface area contributed by atoms with Gasteiger partial charge >= 0.3 is 5.97 Å². The minimum atomic E-state index is -0.344. The normalized spacial score (nSPS) is 12.7. The second-order valence-corrected chi connectivity index (χ2v) is 9.67. The van der Waals surface area contributed by atoms with Crippen molar-refractivity contribution in [1.29, 1.82) is 0 Å². The highest BCUT2D eigenvalue weighted by Gasteiger charge is 2.27. The summed E-state index contributed by atoms with van der Waals surface area (Å²) in [4.78, 5) is 11.5. The van der Waals surface area contributed by atoms with Crippen molar-refractivity contribution in [2.45, 2.75) is 136 Å². The lowest BCUT2D eigenvalue weighted by Crippen LogP contribution is -2.41. The molecule has 2 N–H and O–H groups in total. The number of unbranched alkanes of at least 4 members (excludes halogenated alkanes) is 14. The molecule has 0 aliphatic carbocycles. The Kier molecular flexibility index (Phi) is 17.5. The van der Waals surface area contributed by atoms with Gasteiger partial charge in [-0.05, 0) is 18.8 Å². The lowest BCUT2D eigenvalue weighted by Gasteiger charge is -2.31. The summed E-state index contributed by atoms with van der Waals surface area (Å²) in [6, 6.07) is -0.127. The second-order valence-electron chi connectivity index (χ2n) is 9.67. The molecule has 3 heteroatoms. The van der Waals surface area contributed by atoms with Crippen molar-refractivity contribution < 1.29 is 9.53 Å². The van der Waals surface area contributed by atoms with Gasteiger partial charge in [0.05, 0.1) is 0 Å². The highest BCUT2D eigenvalue weighted by molar-refractivity contribution is 5.86. The van der Waals surface area contributed by atoms with E-state index in [9.17, 15) is 4.79 Å². The number of hydrogen-bond acceptors (Lipinski definition) is 3. The minimum absolute atomic E-state index is 0.00804. The van der Waals surface area contributed by atoms with E-state index in [1.165, 1.54) is 96.3 Å². The van der Waals surface area contributed by atoms with Gasteiger partial charge in [-0.2, -0.15) is 0 Å². The average Bonchev–Trinajstić information content (AvgIpc) is 2.68. The van der Waals surface area contributed by atoms with Crippen molar-refractivity contribution >= 4 is 5.97 Å². The van der Waals surface area contributed by atoms with Gasteiger partial charge in [-0.15, -0.1) is 0 Å². The van der Waals surface area contributed by atoms with E-state index in [2.05, 4.69) is 27.4 Å². The van der Waals surface area contributed by atoms with E-state index in [-0.39, 0.29) is 24.0 Å². The number of nitrogens with two attached hydrogens (primary N) is 1. The molecule has 172 valence electrons. The summed E-state index contributed by atoms with van der Waals surface area (Å²) < 4.78 is 5.22. The summed E-state index contributed by atoms with van der Waals surface area (Å²) in [5, 5.41) is 0. The average molecular weight is 410 g/mol. The highest BCUT2D eigenvalue weighted by Crippen LogP contribution is 2.27. The molecule has 0 aliphatic rings. The van der Waals surface area contributed by atoms with Crippen LogP contribution in [0.15, 0.2) is 12.2 Å². The number of carbonyl (C=O) groups is 1. The Morgan fingerprint density at radius 1 is 0.828 bits per heavy atom. The van der Waals surface area contributed by atoms with Crippen LogP contribution in [-0.4, -0.2) is 18.6 Å². The first kappa shape index (κ1) is 28.2. The Labute approximate surface area is 182 Å². The van der Waals surface area contributed by atoms with Gasteiger partial charge in [-0.25, -0.2) is 4.79 Å². The van der Waals surface area contributed by atoms with E-state index in [4.69, 9.17) is 10.5 Å². The molecule has 0 aromatic rings. The van der Waals surface area contributed by atoms with Crippen molar-refractivity contribution in [3.63, 3.8) is 0 Å². The molecule has 0 bridgehead atoms. The third-order valence-electron chi connectivity index (χ3n) is 6.17. The Bertz CT molecular complexity index is 417. The van der Waals surface area contributed by atoms with Crippen LogP contribution in [0.4, 0.5) is 0 Å². The minimum Gasteiger partial charge on any atom is -0.461 e. The number of rotatable bonds is 20. The monoisotopic (exact) mass is 409 g/mol. The van der Waals surface area contributed by atoms with Gasteiger partial charge < -0.3 is 10.5 Å². The van der Waals surface area contributed by atoms with Crippen molar-refractivity contribution in [1.82, 2.24) is 0 Å². The molecule has 0 radical (unpaired) electrons. The van der Waals surface area contributed by atoms with Crippen LogP contribution in [0.1, 0.15) is 130 Å². The summed E-state index contributed by atoms with van der Waals surface area (Å²) >= 11 is 0. The molecule has 3 nitrogen and oxygen atoms in total. The van der Waals surface area contributed by atoms with Crippen molar-refractivity contribution in [3.8, 4) is 0 Å². The maximum Gasteiger partial charge on any atom is 0.333 e. The van der Waals surface area contributed by atoms with E-state index < -0.39 is 0 Å². The molecular formula is C26H51NO2. The molecule has 1 atom stereocenters. The topological polar surface area (TPSA) is 52.3 Å². The molecule has 0 aromatic carbocycles. The summed E-state index contributed by atoms with van der Waals surface area (Å²) in [6.45, 7) is 12.2. The zero-order chi connectivity index (χ0) is 22.0. The van der Waals surface area contributed by atoms with Crippen LogP contribution < -0.4 is 5.73 Å². The molecule has 0 saturated heterocycles. The molecule has 0 saturated carbocycles. The first-order valence-electron chi connectivity index (χ1n) is 12.4. The maximum atomic E-state index is 11.5. The number of hydrogen-bond donors (Lipinski definition) is 1. The highest BCUT2D eigenvalue weighted by atomic mass is 16.5. The van der Waals surface area contributed by atoms with Crippen LogP contribution in [0.2, 0.25) is 0 Å². The molecule has 0 aromatic heterocycles. The third kappa shape index (κ3) is 16.6. The molecular weight excluding hydrogens is 358 g/mol. The van der Waals surface area contributed by atoms with Gasteiger partial charge in [-0.1, -0.05) is 124 Å². The molecule has 0 heterocycles. The van der Waals surface area contributed by atoms with E-state index in [1.54, 1.807) is 6.92 Å². The third-order valence-corrected chi connectivity index (χ3v) is 6.17. The van der Waals surface area contributed by atoms with Crippen LogP contribution in [0.25, 0.3) is 0 Å². The van der Waals surface area contributed by atoms with E-state index in [0.29, 0.717) is 5.57 Å². The van der Waals surface area contributed by atoms with Gasteiger partial charge in [0.25, 0.3) is 0 Å². The van der Waals surface area contributed by atoms with Crippen molar-refractivity contribution in [2.24, 2.45) is 11.1 Å². The standard InChI is InChI=1S/C26H51NO2/c1-6-7-8-9-10-11-12-13-14-15-16-17-18-19-20-21-26(4,5)24(27)22-29-25(28)23(2)3/h24H,2,6-22,27H2,1,3-5H3. The fourth-order valence-corrected chi connectivity index (χ4v) is 3.65. The molecule has 0 amide bonds. The quantitative estimate of drug-likeness (QED) is 0.127. The van der Waals surface area contributed by atoms with E-state index in [0.717, 1.165) is 6.42 Å². The molecule has 29 heavy (non-hydrogen) atoms. The Morgan fingerprint density at radius 2 is 1.21 bits per heavy atom. The maximum absolute atomic E-state index is 11.5. The molecule has 0 rings (SSSR count). The smallest absolute Gasteiger partial charge is 0.333 e. The van der Waals surface area contributed by atoms with Gasteiger partial charge in [0.2, 0.25) is 0 Å². The Balaban J connectivity index is 3.50. The Hall–Kier alpha value is -0.830. The van der Waals surface area contributed by atoms with Crippen LogP contribution in [0, 0.1) is 5.41 Å². The lowest BCUT2D eigenvalue weighted by molar-refractivity contribution is -0.140. The number of carbonyl (C=O) groups excluding carboxylic acids is 1. The van der Waals surface area contributed by atoms with E-state index in [1.807, 2.05) is 0 Å². The molecule has 0 aliphatic heterocycles. The Morgan fingerprint density at radius 3 is 1.59 bits per heavy atom. The van der Waals surface area contributed by atoms with Crippen LogP contribution in [0.3, 0.4) is 0 Å². The first-order valence-corrected chi connectivity index (χ1v) is 12.4. The van der Waals surface area contributed by atoms with Crippen LogP contribution in [-0.2, 0) is 9.53 Å². The van der Waals surface area contributed by atoms with E-state index >= 15 is 0 Å². The van der Waals surface area contributed by atoms with Gasteiger partial charge in [-0.3, -0.25) is 0 Å². The summed E-state index contributed by atoms with van der Waals surface area (Å²) in [6.07, 6.45) is 21.8. The number of esters is 1. The lowest BCUT2D eigenvalue weighted by atomic mass is 9.80. The van der Waals surface area contributed by atoms with Gasteiger partial charge in [0, 0.05) is 11.6 Å². The zero-order valence-electron chi connectivity index (χ0n) is 20.2. The van der Waals surface area contributed by atoms with Gasteiger partial charge in [0.1, 0.15) is 6.61 Å².